The highest BCUT2D eigenvalue weighted by Gasteiger charge is 2.05. The summed E-state index contributed by atoms with van der Waals surface area (Å²) >= 11 is 0. The van der Waals surface area contributed by atoms with E-state index in [1.165, 1.54) is 11.1 Å². The van der Waals surface area contributed by atoms with Crippen LogP contribution in [0.25, 0.3) is 11.0 Å². The Morgan fingerprint density at radius 3 is 2.38 bits per heavy atom. The zero-order valence-corrected chi connectivity index (χ0v) is 20.6. The number of hydrogen-bond donors (Lipinski definition) is 2. The van der Waals surface area contributed by atoms with E-state index < -0.39 is 0 Å². The van der Waals surface area contributed by atoms with Crippen molar-refractivity contribution in [2.45, 2.75) is 19.6 Å². The summed E-state index contributed by atoms with van der Waals surface area (Å²) in [5.41, 5.74) is 5.70. The van der Waals surface area contributed by atoms with E-state index in [0.717, 1.165) is 34.9 Å². The monoisotopic (exact) mass is 541 g/mol. The number of rotatable bonds is 7. The van der Waals surface area contributed by atoms with Crippen molar-refractivity contribution in [3.05, 3.63) is 95.8 Å². The van der Waals surface area contributed by atoms with Crippen LogP contribution in [0, 0.1) is 0 Å². The van der Waals surface area contributed by atoms with E-state index in [2.05, 4.69) is 55.5 Å². The number of aliphatic imine (C=N–C) groups is 1. The van der Waals surface area contributed by atoms with Gasteiger partial charge in [-0.15, -0.1) is 24.0 Å². The molecule has 0 saturated heterocycles. The van der Waals surface area contributed by atoms with Crippen LogP contribution < -0.4 is 15.4 Å². The molecular formula is C25H28IN5O. The number of halogens is 1. The summed E-state index contributed by atoms with van der Waals surface area (Å²) in [6.45, 7) is 2.14. The van der Waals surface area contributed by atoms with Crippen molar-refractivity contribution < 1.29 is 4.74 Å². The number of benzene rings is 3. The molecule has 4 aromatic rings. The average Bonchev–Trinajstić information content (AvgIpc) is 3.23. The Labute approximate surface area is 205 Å². The summed E-state index contributed by atoms with van der Waals surface area (Å²) in [6, 6.07) is 24.8. The van der Waals surface area contributed by atoms with Gasteiger partial charge in [0.15, 0.2) is 5.96 Å². The van der Waals surface area contributed by atoms with E-state index in [-0.39, 0.29) is 24.0 Å². The second-order valence-electron chi connectivity index (χ2n) is 7.27. The Kier molecular flexibility index (Phi) is 8.49. The summed E-state index contributed by atoms with van der Waals surface area (Å²) in [6.07, 6.45) is 1.90. The van der Waals surface area contributed by atoms with Gasteiger partial charge < -0.3 is 19.9 Å². The molecular weight excluding hydrogens is 513 g/mol. The number of hydrogen-bond acceptors (Lipinski definition) is 3. The van der Waals surface area contributed by atoms with E-state index in [9.17, 15) is 0 Å². The van der Waals surface area contributed by atoms with Crippen molar-refractivity contribution in [3.8, 4) is 5.75 Å². The summed E-state index contributed by atoms with van der Waals surface area (Å²) in [4.78, 5) is 8.78. The molecule has 0 radical (unpaired) electrons. The van der Waals surface area contributed by atoms with Gasteiger partial charge in [0.1, 0.15) is 5.75 Å². The lowest BCUT2D eigenvalue weighted by Gasteiger charge is -2.14. The molecule has 7 heteroatoms. The maximum atomic E-state index is 5.41. The van der Waals surface area contributed by atoms with Gasteiger partial charge in [0.2, 0.25) is 0 Å². The molecule has 166 valence electrons. The van der Waals surface area contributed by atoms with E-state index in [1.54, 1.807) is 14.2 Å². The van der Waals surface area contributed by atoms with Crippen molar-refractivity contribution >= 4 is 41.0 Å². The third-order valence-corrected chi connectivity index (χ3v) is 5.23. The molecule has 3 aromatic carbocycles. The van der Waals surface area contributed by atoms with E-state index in [4.69, 9.17) is 4.74 Å². The number of fused-ring (bicyclic) bond motifs is 1. The molecule has 1 heterocycles. The minimum atomic E-state index is 0. The molecule has 0 atom stereocenters. The number of para-hydroxylation sites is 3. The molecule has 0 unspecified atom stereocenters. The fraction of sp³-hybridized carbons (Fsp3) is 0.200. The number of guanidine groups is 1. The molecule has 0 fully saturated rings. The quantitative estimate of drug-likeness (QED) is 0.204. The SMILES string of the molecule is CN=C(NCc1ccc(Cn2cnc3ccccc32)cc1)NCc1ccccc1OC.I. The number of methoxy groups -OCH3 is 1. The summed E-state index contributed by atoms with van der Waals surface area (Å²) < 4.78 is 7.58. The lowest BCUT2D eigenvalue weighted by molar-refractivity contribution is 0.409. The van der Waals surface area contributed by atoms with Crippen molar-refractivity contribution in [3.63, 3.8) is 0 Å². The van der Waals surface area contributed by atoms with Crippen LogP contribution in [0.1, 0.15) is 16.7 Å². The van der Waals surface area contributed by atoms with Crippen LogP contribution in [-0.4, -0.2) is 29.7 Å². The van der Waals surface area contributed by atoms with Crippen LogP contribution in [0.5, 0.6) is 5.75 Å². The Morgan fingerprint density at radius 1 is 0.906 bits per heavy atom. The predicted molar refractivity (Wildman–Crippen MR) is 141 cm³/mol. The minimum absolute atomic E-state index is 0. The maximum Gasteiger partial charge on any atom is 0.191 e. The van der Waals surface area contributed by atoms with E-state index in [0.29, 0.717) is 13.1 Å². The molecule has 2 N–H and O–H groups in total. The topological polar surface area (TPSA) is 63.5 Å². The molecule has 4 rings (SSSR count). The summed E-state index contributed by atoms with van der Waals surface area (Å²) in [7, 11) is 3.46. The minimum Gasteiger partial charge on any atom is -0.496 e. The standard InChI is InChI=1S/C25H27N5O.HI/c1-26-25(28-16-21-7-3-6-10-24(21)31-2)27-15-19-11-13-20(14-12-19)17-30-18-29-22-8-4-5-9-23(22)30;/h3-14,18H,15-17H2,1-2H3,(H2,26,27,28);1H. The molecule has 0 aliphatic carbocycles. The molecule has 32 heavy (non-hydrogen) atoms. The van der Waals surface area contributed by atoms with E-state index >= 15 is 0 Å². The fourth-order valence-electron chi connectivity index (χ4n) is 3.53. The second-order valence-corrected chi connectivity index (χ2v) is 7.27. The number of nitrogens with zero attached hydrogens (tertiary/aromatic N) is 3. The number of imidazole rings is 1. The number of ether oxygens (including phenoxy) is 1. The normalized spacial score (nSPS) is 11.1. The molecule has 0 aliphatic rings. The zero-order chi connectivity index (χ0) is 21.5. The first-order chi connectivity index (χ1) is 15.3. The molecule has 6 nitrogen and oxygen atoms in total. The van der Waals surface area contributed by atoms with Crippen molar-refractivity contribution in [1.82, 2.24) is 20.2 Å². The van der Waals surface area contributed by atoms with Gasteiger partial charge in [0.05, 0.1) is 24.5 Å². The highest BCUT2D eigenvalue weighted by molar-refractivity contribution is 14.0. The van der Waals surface area contributed by atoms with Gasteiger partial charge in [0.25, 0.3) is 0 Å². The molecule has 0 saturated carbocycles. The molecule has 0 amide bonds. The second kappa shape index (κ2) is 11.5. The van der Waals surface area contributed by atoms with Crippen LogP contribution in [0.2, 0.25) is 0 Å². The van der Waals surface area contributed by atoms with Crippen LogP contribution in [0.15, 0.2) is 84.1 Å². The van der Waals surface area contributed by atoms with Gasteiger partial charge in [-0.2, -0.15) is 0 Å². The molecule has 0 spiro atoms. The first-order valence-corrected chi connectivity index (χ1v) is 10.3. The first kappa shape index (κ1) is 23.6. The first-order valence-electron chi connectivity index (χ1n) is 10.3. The third-order valence-electron chi connectivity index (χ3n) is 5.23. The number of nitrogens with one attached hydrogen (secondary N) is 2. The highest BCUT2D eigenvalue weighted by atomic mass is 127. The fourth-order valence-corrected chi connectivity index (χ4v) is 3.53. The smallest absolute Gasteiger partial charge is 0.191 e. The van der Waals surface area contributed by atoms with Crippen LogP contribution in [-0.2, 0) is 19.6 Å². The van der Waals surface area contributed by atoms with Crippen LogP contribution in [0.3, 0.4) is 0 Å². The maximum absolute atomic E-state index is 5.41. The van der Waals surface area contributed by atoms with Gasteiger partial charge in [-0.3, -0.25) is 4.99 Å². The Bertz CT molecular complexity index is 1170. The highest BCUT2D eigenvalue weighted by Crippen LogP contribution is 2.17. The lowest BCUT2D eigenvalue weighted by atomic mass is 10.1. The summed E-state index contributed by atoms with van der Waals surface area (Å²) in [5.74, 6) is 1.62. The number of aromatic nitrogens is 2. The van der Waals surface area contributed by atoms with Crippen LogP contribution >= 0.6 is 24.0 Å². The van der Waals surface area contributed by atoms with Crippen molar-refractivity contribution in [1.29, 1.82) is 0 Å². The van der Waals surface area contributed by atoms with Gasteiger partial charge >= 0.3 is 0 Å². The van der Waals surface area contributed by atoms with Gasteiger partial charge in [-0.1, -0.05) is 54.6 Å². The van der Waals surface area contributed by atoms with Crippen molar-refractivity contribution in [2.75, 3.05) is 14.2 Å². The Hall–Kier alpha value is -3.07. The van der Waals surface area contributed by atoms with Gasteiger partial charge in [-0.25, -0.2) is 4.98 Å². The molecule has 1 aromatic heterocycles. The van der Waals surface area contributed by atoms with Crippen LogP contribution in [0.4, 0.5) is 0 Å². The Balaban J connectivity index is 0.00000289. The molecule has 0 bridgehead atoms. The zero-order valence-electron chi connectivity index (χ0n) is 18.3. The molecule has 0 aliphatic heterocycles. The van der Waals surface area contributed by atoms with Crippen molar-refractivity contribution in [2.24, 2.45) is 4.99 Å². The summed E-state index contributed by atoms with van der Waals surface area (Å²) in [5, 5.41) is 6.70. The third kappa shape index (κ3) is 5.79. The van der Waals surface area contributed by atoms with Gasteiger partial charge in [0, 0.05) is 32.2 Å². The Morgan fingerprint density at radius 2 is 1.59 bits per heavy atom. The van der Waals surface area contributed by atoms with Gasteiger partial charge in [-0.05, 0) is 29.3 Å². The average molecular weight is 541 g/mol. The van der Waals surface area contributed by atoms with E-state index in [1.807, 2.05) is 48.8 Å². The largest absolute Gasteiger partial charge is 0.496 e. The predicted octanol–water partition coefficient (Wildman–Crippen LogP) is 4.58. The lowest BCUT2D eigenvalue weighted by Crippen LogP contribution is -2.36.